The summed E-state index contributed by atoms with van der Waals surface area (Å²) in [5.41, 5.74) is 0. The van der Waals surface area contributed by atoms with Crippen LogP contribution >= 0.6 is 11.3 Å². The molecular formula is C18H10S. The molecule has 5 rings (SSSR count). The third-order valence-corrected chi connectivity index (χ3v) is 5.03. The molecule has 1 aromatic heterocycles. The Bertz CT molecular complexity index is 969. The number of benzene rings is 4. The minimum Gasteiger partial charge on any atom is -0.143 e. The highest BCUT2D eigenvalue weighted by Crippen LogP contribution is 2.42. The van der Waals surface area contributed by atoms with Gasteiger partial charge in [0.1, 0.15) is 0 Å². The third kappa shape index (κ3) is 1.09. The van der Waals surface area contributed by atoms with Gasteiger partial charge in [-0.25, -0.2) is 0 Å². The van der Waals surface area contributed by atoms with Crippen molar-refractivity contribution < 1.29 is 0 Å². The second-order valence-corrected chi connectivity index (χ2v) is 5.95. The summed E-state index contributed by atoms with van der Waals surface area (Å²) in [5.74, 6) is 0. The molecular weight excluding hydrogens is 248 g/mol. The summed E-state index contributed by atoms with van der Waals surface area (Å²) >= 11 is 1.85. The Labute approximate surface area is 114 Å². The molecule has 0 N–H and O–H groups in total. The fourth-order valence-corrected chi connectivity index (χ4v) is 4.24. The molecule has 0 nitrogen and oxygen atoms in total. The fourth-order valence-electron chi connectivity index (χ4n) is 3.30. The van der Waals surface area contributed by atoms with Gasteiger partial charge in [-0.2, -0.15) is 0 Å². The molecule has 0 amide bonds. The molecule has 0 aliphatic heterocycles. The first-order valence-electron chi connectivity index (χ1n) is 6.46. The third-order valence-electron chi connectivity index (χ3n) is 4.09. The van der Waals surface area contributed by atoms with E-state index in [0.29, 0.717) is 0 Å². The van der Waals surface area contributed by atoms with Crippen molar-refractivity contribution in [3.63, 3.8) is 0 Å². The van der Waals surface area contributed by atoms with Crippen molar-refractivity contribution in [3.05, 3.63) is 60.0 Å². The van der Waals surface area contributed by atoms with E-state index in [9.17, 15) is 0 Å². The quantitative estimate of drug-likeness (QED) is 0.308. The van der Waals surface area contributed by atoms with Crippen molar-refractivity contribution in [2.45, 2.75) is 0 Å². The van der Waals surface area contributed by atoms with Crippen LogP contribution in [0.4, 0.5) is 0 Å². The number of thiophene rings is 1. The van der Waals surface area contributed by atoms with Crippen molar-refractivity contribution >= 4 is 53.7 Å². The van der Waals surface area contributed by atoms with E-state index in [4.69, 9.17) is 0 Å². The van der Waals surface area contributed by atoms with Crippen LogP contribution in [0.25, 0.3) is 42.4 Å². The van der Waals surface area contributed by atoms with Crippen molar-refractivity contribution in [2.24, 2.45) is 0 Å². The molecule has 5 aromatic rings. The summed E-state index contributed by atoms with van der Waals surface area (Å²) in [6.45, 7) is 0. The standard InChI is InChI=1S/C18H10S/c1-3-11-7-8-12-4-2-6-15-17(12)16(11)13(5-1)14-9-10-19-18(14)15/h1-10H. The Morgan fingerprint density at radius 3 is 2.05 bits per heavy atom. The molecule has 0 radical (unpaired) electrons. The lowest BCUT2D eigenvalue weighted by Crippen LogP contribution is -1.83. The fraction of sp³-hybridized carbons (Fsp3) is 0. The maximum Gasteiger partial charge on any atom is 0.0427 e. The van der Waals surface area contributed by atoms with E-state index in [0.717, 1.165) is 0 Å². The Balaban J connectivity index is 2.36. The minimum absolute atomic E-state index is 1.34. The summed E-state index contributed by atoms with van der Waals surface area (Å²) in [6.07, 6.45) is 0. The highest BCUT2D eigenvalue weighted by molar-refractivity contribution is 7.18. The van der Waals surface area contributed by atoms with Crippen LogP contribution < -0.4 is 0 Å². The smallest absolute Gasteiger partial charge is 0.0427 e. The predicted molar refractivity (Wildman–Crippen MR) is 85.5 cm³/mol. The van der Waals surface area contributed by atoms with Crippen LogP contribution in [0, 0.1) is 0 Å². The molecule has 4 aromatic carbocycles. The average Bonchev–Trinajstić information content (AvgIpc) is 2.95. The van der Waals surface area contributed by atoms with Crippen LogP contribution in [-0.4, -0.2) is 0 Å². The van der Waals surface area contributed by atoms with Crippen LogP contribution in [0.1, 0.15) is 0 Å². The summed E-state index contributed by atoms with van der Waals surface area (Å²) in [7, 11) is 0. The first-order chi connectivity index (χ1) is 9.43. The average molecular weight is 258 g/mol. The number of fused-ring (bicyclic) bond motifs is 3. The molecule has 1 heterocycles. The Hall–Kier alpha value is -2.12. The van der Waals surface area contributed by atoms with E-state index >= 15 is 0 Å². The zero-order chi connectivity index (χ0) is 12.4. The molecule has 0 aliphatic rings. The van der Waals surface area contributed by atoms with Crippen molar-refractivity contribution in [3.8, 4) is 0 Å². The lowest BCUT2D eigenvalue weighted by Gasteiger charge is -2.11. The van der Waals surface area contributed by atoms with Crippen molar-refractivity contribution in [2.75, 3.05) is 0 Å². The van der Waals surface area contributed by atoms with Crippen molar-refractivity contribution in [1.29, 1.82) is 0 Å². The molecule has 1 heteroatoms. The molecule has 0 spiro atoms. The van der Waals surface area contributed by atoms with Gasteiger partial charge in [-0.15, -0.1) is 11.3 Å². The maximum atomic E-state index is 2.26. The second kappa shape index (κ2) is 3.25. The van der Waals surface area contributed by atoms with Gasteiger partial charge in [-0.05, 0) is 38.4 Å². The van der Waals surface area contributed by atoms with Crippen LogP contribution in [0.5, 0.6) is 0 Å². The molecule has 19 heavy (non-hydrogen) atoms. The summed E-state index contributed by atoms with van der Waals surface area (Å²) in [6, 6.07) is 20.0. The molecule has 0 aliphatic carbocycles. The molecule has 0 saturated carbocycles. The Kier molecular flexibility index (Phi) is 1.67. The van der Waals surface area contributed by atoms with E-state index < -0.39 is 0 Å². The Morgan fingerprint density at radius 2 is 1.26 bits per heavy atom. The van der Waals surface area contributed by atoms with Crippen LogP contribution in [0.2, 0.25) is 0 Å². The zero-order valence-corrected chi connectivity index (χ0v) is 11.0. The van der Waals surface area contributed by atoms with Crippen LogP contribution in [0.3, 0.4) is 0 Å². The van der Waals surface area contributed by atoms with Gasteiger partial charge in [0.05, 0.1) is 0 Å². The van der Waals surface area contributed by atoms with Crippen molar-refractivity contribution in [1.82, 2.24) is 0 Å². The zero-order valence-electron chi connectivity index (χ0n) is 10.2. The lowest BCUT2D eigenvalue weighted by molar-refractivity contribution is 1.82. The largest absolute Gasteiger partial charge is 0.143 e. The van der Waals surface area contributed by atoms with Crippen LogP contribution in [0.15, 0.2) is 60.0 Å². The predicted octanol–water partition coefficient (Wildman–Crippen LogP) is 5.80. The topological polar surface area (TPSA) is 0 Å². The first-order valence-corrected chi connectivity index (χ1v) is 7.34. The normalized spacial score (nSPS) is 12.2. The van der Waals surface area contributed by atoms with E-state index in [-0.39, 0.29) is 0 Å². The Morgan fingerprint density at radius 1 is 0.579 bits per heavy atom. The summed E-state index contributed by atoms with van der Waals surface area (Å²) in [4.78, 5) is 0. The molecule has 0 unspecified atom stereocenters. The molecule has 0 saturated heterocycles. The van der Waals surface area contributed by atoms with E-state index in [2.05, 4.69) is 60.0 Å². The summed E-state index contributed by atoms with van der Waals surface area (Å²) < 4.78 is 1.41. The number of hydrogen-bond acceptors (Lipinski definition) is 1. The number of hydrogen-bond donors (Lipinski definition) is 0. The van der Waals surface area contributed by atoms with Gasteiger partial charge >= 0.3 is 0 Å². The molecule has 0 atom stereocenters. The van der Waals surface area contributed by atoms with Gasteiger partial charge < -0.3 is 0 Å². The summed E-state index contributed by atoms with van der Waals surface area (Å²) in [5, 5.41) is 11.9. The van der Waals surface area contributed by atoms with Gasteiger partial charge in [0.15, 0.2) is 0 Å². The van der Waals surface area contributed by atoms with E-state index in [1.54, 1.807) is 0 Å². The molecule has 0 fully saturated rings. The van der Waals surface area contributed by atoms with Gasteiger partial charge in [-0.3, -0.25) is 0 Å². The van der Waals surface area contributed by atoms with Crippen LogP contribution in [-0.2, 0) is 0 Å². The van der Waals surface area contributed by atoms with E-state index in [1.165, 1.54) is 42.4 Å². The van der Waals surface area contributed by atoms with Gasteiger partial charge in [0, 0.05) is 15.5 Å². The minimum atomic E-state index is 1.34. The molecule has 88 valence electrons. The van der Waals surface area contributed by atoms with Gasteiger partial charge in [0.2, 0.25) is 0 Å². The molecule has 0 bridgehead atoms. The van der Waals surface area contributed by atoms with E-state index in [1.807, 2.05) is 11.3 Å². The second-order valence-electron chi connectivity index (χ2n) is 5.04. The van der Waals surface area contributed by atoms with Gasteiger partial charge in [0.25, 0.3) is 0 Å². The SMILES string of the molecule is c1cc2ccc3cccc4c5sccc5c(c1)c2c34. The number of rotatable bonds is 0. The highest BCUT2D eigenvalue weighted by Gasteiger charge is 2.12. The monoisotopic (exact) mass is 258 g/mol. The first kappa shape index (κ1) is 9.76. The highest BCUT2D eigenvalue weighted by atomic mass is 32.1. The lowest BCUT2D eigenvalue weighted by atomic mass is 9.92. The maximum absolute atomic E-state index is 2.26. The van der Waals surface area contributed by atoms with Gasteiger partial charge in [-0.1, -0.05) is 48.5 Å².